The first-order chi connectivity index (χ1) is 14.9. The van der Waals surface area contributed by atoms with E-state index in [1.165, 1.54) is 39.5 Å². The number of amides is 1. The van der Waals surface area contributed by atoms with E-state index < -0.39 is 17.7 Å². The lowest BCUT2D eigenvalue weighted by molar-refractivity contribution is -0.143. The number of halogens is 2. The fraction of sp³-hybridized carbons (Fsp3) is 0.304. The first kappa shape index (κ1) is 22.6. The van der Waals surface area contributed by atoms with Gasteiger partial charge in [-0.2, -0.15) is 0 Å². The molecule has 3 atom stereocenters. The molecule has 0 aliphatic heterocycles. The van der Waals surface area contributed by atoms with E-state index in [2.05, 4.69) is 5.32 Å². The van der Waals surface area contributed by atoms with Crippen LogP contribution in [0.25, 0.3) is 0 Å². The van der Waals surface area contributed by atoms with Gasteiger partial charge < -0.3 is 19.5 Å². The average molecular weight is 448 g/mol. The van der Waals surface area contributed by atoms with Gasteiger partial charge in [0.25, 0.3) is 5.91 Å². The van der Waals surface area contributed by atoms with Gasteiger partial charge in [0.2, 0.25) is 0 Å². The Kier molecular flexibility index (Phi) is 7.17. The van der Waals surface area contributed by atoms with Crippen LogP contribution >= 0.6 is 11.6 Å². The minimum absolute atomic E-state index is 0.152. The van der Waals surface area contributed by atoms with Crippen LogP contribution in [0.2, 0.25) is 5.02 Å². The zero-order valence-electron chi connectivity index (χ0n) is 17.4. The summed E-state index contributed by atoms with van der Waals surface area (Å²) < 4.78 is 28.9. The Balaban J connectivity index is 1.76. The SMILES string of the molecule is COC(=O)[C@H](c1ccc(F)cc1Cl)[C@@H]1C=C[C@H](NC(=O)c2ccc(OC)cc2OC)C1. The lowest BCUT2D eigenvalue weighted by atomic mass is 9.85. The molecule has 0 unspecified atom stereocenters. The lowest BCUT2D eigenvalue weighted by Crippen LogP contribution is -2.34. The number of carbonyl (C=O) groups is 2. The summed E-state index contributed by atoms with van der Waals surface area (Å²) in [6, 6.07) is 8.53. The molecular formula is C23H23ClFNO5. The molecular weight excluding hydrogens is 425 g/mol. The highest BCUT2D eigenvalue weighted by Crippen LogP contribution is 2.38. The van der Waals surface area contributed by atoms with E-state index in [0.29, 0.717) is 29.0 Å². The standard InChI is InChI=1S/C23H23ClFNO5/c1-29-16-7-9-18(20(12-16)30-2)22(27)26-15-6-4-13(10-15)21(23(28)31-3)17-8-5-14(25)11-19(17)24/h4-9,11-13,15,21H,10H2,1-3H3,(H,26,27)/t13-,15+,21+/m1/s1. The Morgan fingerprint density at radius 1 is 1.10 bits per heavy atom. The summed E-state index contributed by atoms with van der Waals surface area (Å²) in [5.41, 5.74) is 0.847. The molecule has 0 saturated heterocycles. The molecule has 0 saturated carbocycles. The van der Waals surface area contributed by atoms with E-state index in [0.717, 1.165) is 0 Å². The number of nitrogens with one attached hydrogen (secondary N) is 1. The normalized spacial score (nSPS) is 18.4. The van der Waals surface area contributed by atoms with Crippen LogP contribution < -0.4 is 14.8 Å². The molecule has 1 aliphatic rings. The van der Waals surface area contributed by atoms with Crippen LogP contribution in [0.1, 0.15) is 28.3 Å². The second-order valence-corrected chi connectivity index (χ2v) is 7.50. The van der Waals surface area contributed by atoms with Gasteiger partial charge in [0.15, 0.2) is 0 Å². The molecule has 164 valence electrons. The number of esters is 1. The highest BCUT2D eigenvalue weighted by Gasteiger charge is 2.35. The Hall–Kier alpha value is -3.06. The maximum atomic E-state index is 13.5. The zero-order chi connectivity index (χ0) is 22.5. The van der Waals surface area contributed by atoms with Crippen LogP contribution in [0.15, 0.2) is 48.6 Å². The van der Waals surface area contributed by atoms with E-state index >= 15 is 0 Å². The van der Waals surface area contributed by atoms with Gasteiger partial charge >= 0.3 is 5.97 Å². The fourth-order valence-corrected chi connectivity index (χ4v) is 4.01. The molecule has 0 fully saturated rings. The van der Waals surface area contributed by atoms with Crippen molar-refractivity contribution in [2.45, 2.75) is 18.4 Å². The summed E-state index contributed by atoms with van der Waals surface area (Å²) in [4.78, 5) is 25.3. The minimum atomic E-state index is -0.716. The summed E-state index contributed by atoms with van der Waals surface area (Å²) in [6.45, 7) is 0. The molecule has 1 aliphatic carbocycles. The van der Waals surface area contributed by atoms with Gasteiger partial charge in [0, 0.05) is 17.1 Å². The molecule has 0 radical (unpaired) electrons. The number of methoxy groups -OCH3 is 3. The molecule has 31 heavy (non-hydrogen) atoms. The topological polar surface area (TPSA) is 73.9 Å². The van der Waals surface area contributed by atoms with Gasteiger partial charge in [-0.25, -0.2) is 4.39 Å². The van der Waals surface area contributed by atoms with Crippen molar-refractivity contribution in [2.75, 3.05) is 21.3 Å². The van der Waals surface area contributed by atoms with Gasteiger partial charge in [-0.15, -0.1) is 0 Å². The van der Waals surface area contributed by atoms with Crippen LogP contribution in [0.5, 0.6) is 11.5 Å². The zero-order valence-corrected chi connectivity index (χ0v) is 18.1. The number of hydrogen-bond acceptors (Lipinski definition) is 5. The van der Waals surface area contributed by atoms with Crippen molar-refractivity contribution in [3.63, 3.8) is 0 Å². The molecule has 6 nitrogen and oxygen atoms in total. The van der Waals surface area contributed by atoms with Gasteiger partial charge in [-0.3, -0.25) is 9.59 Å². The summed E-state index contributed by atoms with van der Waals surface area (Å²) >= 11 is 6.20. The van der Waals surface area contributed by atoms with Crippen molar-refractivity contribution >= 4 is 23.5 Å². The van der Waals surface area contributed by atoms with E-state index in [4.69, 9.17) is 25.8 Å². The second-order valence-electron chi connectivity index (χ2n) is 7.10. The predicted molar refractivity (Wildman–Crippen MR) is 114 cm³/mol. The third-order valence-corrected chi connectivity index (χ3v) is 5.59. The van der Waals surface area contributed by atoms with Crippen LogP contribution in [0, 0.1) is 11.7 Å². The largest absolute Gasteiger partial charge is 0.497 e. The van der Waals surface area contributed by atoms with E-state index in [1.54, 1.807) is 18.2 Å². The number of hydrogen-bond donors (Lipinski definition) is 1. The third-order valence-electron chi connectivity index (χ3n) is 5.27. The number of rotatable bonds is 7. The second kappa shape index (κ2) is 9.83. The Morgan fingerprint density at radius 3 is 2.52 bits per heavy atom. The van der Waals surface area contributed by atoms with Crippen LogP contribution in [0.4, 0.5) is 4.39 Å². The van der Waals surface area contributed by atoms with E-state index in [1.807, 2.05) is 12.2 Å². The quantitative estimate of drug-likeness (QED) is 0.510. The maximum Gasteiger partial charge on any atom is 0.313 e. The molecule has 2 aromatic rings. The lowest BCUT2D eigenvalue weighted by Gasteiger charge is -2.23. The molecule has 0 bridgehead atoms. The summed E-state index contributed by atoms with van der Waals surface area (Å²) in [5, 5.41) is 3.08. The Morgan fingerprint density at radius 2 is 1.87 bits per heavy atom. The molecule has 2 aromatic carbocycles. The molecule has 0 spiro atoms. The molecule has 1 N–H and O–H groups in total. The summed E-state index contributed by atoms with van der Waals surface area (Å²) in [5.74, 6) is -1.31. The fourth-order valence-electron chi connectivity index (χ4n) is 3.73. The number of carbonyl (C=O) groups excluding carboxylic acids is 2. The van der Waals surface area contributed by atoms with Crippen molar-refractivity contribution in [2.24, 2.45) is 5.92 Å². The first-order valence-corrected chi connectivity index (χ1v) is 9.99. The molecule has 0 heterocycles. The molecule has 1 amide bonds. The van der Waals surface area contributed by atoms with Gasteiger partial charge in [-0.1, -0.05) is 29.8 Å². The van der Waals surface area contributed by atoms with E-state index in [9.17, 15) is 14.0 Å². The van der Waals surface area contributed by atoms with Crippen LogP contribution in [-0.4, -0.2) is 39.2 Å². The van der Waals surface area contributed by atoms with Crippen molar-refractivity contribution in [3.05, 3.63) is 70.5 Å². The molecule has 8 heteroatoms. The Labute approximate surface area is 184 Å². The minimum Gasteiger partial charge on any atom is -0.497 e. The molecule has 3 rings (SSSR count). The van der Waals surface area contributed by atoms with Gasteiger partial charge in [-0.05, 0) is 42.2 Å². The highest BCUT2D eigenvalue weighted by atomic mass is 35.5. The first-order valence-electron chi connectivity index (χ1n) is 9.62. The monoisotopic (exact) mass is 447 g/mol. The van der Waals surface area contributed by atoms with Crippen molar-refractivity contribution in [1.82, 2.24) is 5.32 Å². The highest BCUT2D eigenvalue weighted by molar-refractivity contribution is 6.31. The van der Waals surface area contributed by atoms with Crippen molar-refractivity contribution in [3.8, 4) is 11.5 Å². The van der Waals surface area contributed by atoms with Gasteiger partial charge in [0.05, 0.1) is 32.8 Å². The third kappa shape index (κ3) is 4.99. The number of ether oxygens (including phenoxy) is 3. The predicted octanol–water partition coefficient (Wildman–Crippen LogP) is 4.13. The maximum absolute atomic E-state index is 13.5. The van der Waals surface area contributed by atoms with Gasteiger partial charge in [0.1, 0.15) is 17.3 Å². The Bertz CT molecular complexity index is 1010. The van der Waals surface area contributed by atoms with Crippen LogP contribution in [-0.2, 0) is 9.53 Å². The van der Waals surface area contributed by atoms with Crippen LogP contribution in [0.3, 0.4) is 0 Å². The number of benzene rings is 2. The smallest absolute Gasteiger partial charge is 0.313 e. The van der Waals surface area contributed by atoms with Crippen molar-refractivity contribution in [1.29, 1.82) is 0 Å². The molecule has 0 aromatic heterocycles. The number of allylic oxidation sites excluding steroid dienone is 1. The van der Waals surface area contributed by atoms with E-state index in [-0.39, 0.29) is 22.9 Å². The summed E-state index contributed by atoms with van der Waals surface area (Å²) in [6.07, 6.45) is 4.13. The average Bonchev–Trinajstić information content (AvgIpc) is 3.22. The van der Waals surface area contributed by atoms with Crippen molar-refractivity contribution < 1.29 is 28.2 Å². The summed E-state index contributed by atoms with van der Waals surface area (Å²) in [7, 11) is 4.30.